The summed E-state index contributed by atoms with van der Waals surface area (Å²) in [5.74, 6) is -0.237. The van der Waals surface area contributed by atoms with Crippen LogP contribution in [0.3, 0.4) is 0 Å². The van der Waals surface area contributed by atoms with Gasteiger partial charge in [-0.05, 0) is 44.0 Å². The van der Waals surface area contributed by atoms with E-state index in [2.05, 4.69) is 20.9 Å². The second-order valence-corrected chi connectivity index (χ2v) is 8.65. The van der Waals surface area contributed by atoms with Crippen molar-refractivity contribution in [3.05, 3.63) is 70.7 Å². The number of benzene rings is 2. The molecule has 32 heavy (non-hydrogen) atoms. The lowest BCUT2D eigenvalue weighted by Crippen LogP contribution is -2.35. The maximum Gasteiger partial charge on any atom is 0.267 e. The van der Waals surface area contributed by atoms with Crippen molar-refractivity contribution in [3.8, 4) is 10.6 Å². The van der Waals surface area contributed by atoms with E-state index >= 15 is 0 Å². The molecule has 0 radical (unpaired) electrons. The number of aromatic nitrogens is 1. The number of hydrogen-bond acceptors (Lipinski definition) is 5. The van der Waals surface area contributed by atoms with E-state index in [9.17, 15) is 14.4 Å². The molecule has 0 unspecified atom stereocenters. The molecule has 1 heterocycles. The lowest BCUT2D eigenvalue weighted by atomic mass is 10.2. The standard InChI is InChI=1S/C24H24N4O3S/c1-15-20(32-24(27-15)18-5-3-2-4-6-18)23(31)28-19-11-9-17(10-12-19)22(30)26-14-13-25-21(29)16-7-8-16/h2-6,9-12,16H,7-8,13-14H2,1H3,(H,25,29)(H,26,30)(H,28,31). The van der Waals surface area contributed by atoms with Gasteiger partial charge in [0.1, 0.15) is 9.88 Å². The van der Waals surface area contributed by atoms with E-state index in [1.165, 1.54) is 11.3 Å². The van der Waals surface area contributed by atoms with Gasteiger partial charge >= 0.3 is 0 Å². The molecule has 0 bridgehead atoms. The number of amides is 3. The number of hydrogen-bond donors (Lipinski definition) is 3. The zero-order valence-corrected chi connectivity index (χ0v) is 18.5. The monoisotopic (exact) mass is 448 g/mol. The van der Waals surface area contributed by atoms with Gasteiger partial charge in [0.25, 0.3) is 11.8 Å². The minimum atomic E-state index is -0.231. The van der Waals surface area contributed by atoms with Gasteiger partial charge in [0.15, 0.2) is 0 Å². The average molecular weight is 449 g/mol. The van der Waals surface area contributed by atoms with Crippen LogP contribution in [0.25, 0.3) is 10.6 Å². The third-order valence-corrected chi connectivity index (χ3v) is 6.29. The molecular formula is C24H24N4O3S. The molecule has 3 amide bonds. The van der Waals surface area contributed by atoms with Gasteiger partial charge in [-0.1, -0.05) is 30.3 Å². The van der Waals surface area contributed by atoms with Gasteiger partial charge in [-0.15, -0.1) is 11.3 Å². The fourth-order valence-corrected chi connectivity index (χ4v) is 4.12. The van der Waals surface area contributed by atoms with Crippen molar-refractivity contribution < 1.29 is 14.4 Å². The molecule has 164 valence electrons. The van der Waals surface area contributed by atoms with E-state index in [1.54, 1.807) is 24.3 Å². The second kappa shape index (κ2) is 9.74. The molecule has 0 aliphatic heterocycles. The minimum Gasteiger partial charge on any atom is -0.354 e. The summed E-state index contributed by atoms with van der Waals surface area (Å²) in [5, 5.41) is 9.25. The number of nitrogens with one attached hydrogen (secondary N) is 3. The second-order valence-electron chi connectivity index (χ2n) is 7.65. The Labute approximate surface area is 190 Å². The molecule has 1 aromatic heterocycles. The fraction of sp³-hybridized carbons (Fsp3) is 0.250. The molecule has 0 spiro atoms. The Kier molecular flexibility index (Phi) is 6.61. The first kappa shape index (κ1) is 21.7. The maximum atomic E-state index is 12.7. The number of thiazole rings is 1. The lowest BCUT2D eigenvalue weighted by molar-refractivity contribution is -0.122. The molecule has 1 aliphatic carbocycles. The highest BCUT2D eigenvalue weighted by molar-refractivity contribution is 7.17. The quantitative estimate of drug-likeness (QED) is 0.458. The number of carbonyl (C=O) groups is 3. The van der Waals surface area contributed by atoms with Crippen molar-refractivity contribution in [2.24, 2.45) is 5.92 Å². The molecule has 2 aromatic carbocycles. The topological polar surface area (TPSA) is 100 Å². The number of nitrogens with zero attached hydrogens (tertiary/aromatic N) is 1. The van der Waals surface area contributed by atoms with Crippen LogP contribution < -0.4 is 16.0 Å². The van der Waals surface area contributed by atoms with Crippen LogP contribution in [0.5, 0.6) is 0 Å². The van der Waals surface area contributed by atoms with Crippen LogP contribution in [0, 0.1) is 12.8 Å². The third kappa shape index (κ3) is 5.39. The predicted octanol–water partition coefficient (Wildman–Crippen LogP) is 3.63. The zero-order chi connectivity index (χ0) is 22.5. The molecule has 1 saturated carbocycles. The van der Waals surface area contributed by atoms with E-state index in [1.807, 2.05) is 37.3 Å². The summed E-state index contributed by atoms with van der Waals surface area (Å²) in [6.07, 6.45) is 1.91. The van der Waals surface area contributed by atoms with E-state index in [0.717, 1.165) is 23.4 Å². The van der Waals surface area contributed by atoms with Crippen LogP contribution in [0.1, 0.15) is 38.6 Å². The summed E-state index contributed by atoms with van der Waals surface area (Å²) in [7, 11) is 0. The molecule has 7 nitrogen and oxygen atoms in total. The highest BCUT2D eigenvalue weighted by Crippen LogP contribution is 2.29. The molecule has 0 atom stereocenters. The number of aryl methyl sites for hydroxylation is 1. The van der Waals surface area contributed by atoms with E-state index in [4.69, 9.17) is 0 Å². The van der Waals surface area contributed by atoms with Crippen LogP contribution in [-0.4, -0.2) is 35.8 Å². The molecule has 4 rings (SSSR count). The Hall–Kier alpha value is -3.52. The Morgan fingerprint density at radius 3 is 2.31 bits per heavy atom. The van der Waals surface area contributed by atoms with Gasteiger partial charge in [-0.2, -0.15) is 0 Å². The Bertz CT molecular complexity index is 1120. The lowest BCUT2D eigenvalue weighted by Gasteiger charge is -2.08. The Morgan fingerprint density at radius 2 is 1.62 bits per heavy atom. The van der Waals surface area contributed by atoms with Gasteiger partial charge in [0, 0.05) is 35.8 Å². The van der Waals surface area contributed by atoms with Gasteiger partial charge in [0.2, 0.25) is 5.91 Å². The first-order valence-corrected chi connectivity index (χ1v) is 11.3. The number of rotatable bonds is 8. The van der Waals surface area contributed by atoms with E-state index in [-0.39, 0.29) is 23.6 Å². The summed E-state index contributed by atoms with van der Waals surface area (Å²) in [6, 6.07) is 16.4. The summed E-state index contributed by atoms with van der Waals surface area (Å²) >= 11 is 1.35. The van der Waals surface area contributed by atoms with Crippen molar-refractivity contribution >= 4 is 34.7 Å². The SMILES string of the molecule is Cc1nc(-c2ccccc2)sc1C(=O)Nc1ccc(C(=O)NCCNC(=O)C2CC2)cc1. The van der Waals surface area contributed by atoms with Crippen molar-refractivity contribution in [3.63, 3.8) is 0 Å². The molecule has 3 aromatic rings. The maximum absolute atomic E-state index is 12.7. The number of anilines is 1. The molecule has 1 aliphatic rings. The summed E-state index contributed by atoms with van der Waals surface area (Å²) < 4.78 is 0. The first-order chi connectivity index (χ1) is 15.5. The number of carbonyl (C=O) groups excluding carboxylic acids is 3. The average Bonchev–Trinajstić information content (AvgIpc) is 3.59. The van der Waals surface area contributed by atoms with Crippen LogP contribution >= 0.6 is 11.3 Å². The van der Waals surface area contributed by atoms with Gasteiger partial charge in [-0.3, -0.25) is 14.4 Å². The van der Waals surface area contributed by atoms with Crippen LogP contribution in [0.15, 0.2) is 54.6 Å². The van der Waals surface area contributed by atoms with Crippen molar-refractivity contribution in [1.82, 2.24) is 15.6 Å². The molecule has 3 N–H and O–H groups in total. The normalized spacial score (nSPS) is 12.8. The Balaban J connectivity index is 1.30. The summed E-state index contributed by atoms with van der Waals surface area (Å²) in [4.78, 5) is 41.6. The molecule has 8 heteroatoms. The van der Waals surface area contributed by atoms with E-state index in [0.29, 0.717) is 34.9 Å². The smallest absolute Gasteiger partial charge is 0.267 e. The summed E-state index contributed by atoms with van der Waals surface area (Å²) in [5.41, 5.74) is 2.73. The van der Waals surface area contributed by atoms with Gasteiger partial charge in [0.05, 0.1) is 5.69 Å². The van der Waals surface area contributed by atoms with Gasteiger partial charge < -0.3 is 16.0 Å². The summed E-state index contributed by atoms with van der Waals surface area (Å²) in [6.45, 7) is 2.59. The highest BCUT2D eigenvalue weighted by Gasteiger charge is 2.29. The minimum absolute atomic E-state index is 0.0615. The van der Waals surface area contributed by atoms with Crippen LogP contribution in [0.4, 0.5) is 5.69 Å². The zero-order valence-electron chi connectivity index (χ0n) is 17.7. The van der Waals surface area contributed by atoms with Crippen LogP contribution in [0.2, 0.25) is 0 Å². The van der Waals surface area contributed by atoms with Crippen LogP contribution in [-0.2, 0) is 4.79 Å². The van der Waals surface area contributed by atoms with Crippen molar-refractivity contribution in [2.75, 3.05) is 18.4 Å². The highest BCUT2D eigenvalue weighted by atomic mass is 32.1. The fourth-order valence-electron chi connectivity index (χ4n) is 3.16. The molecule has 1 fully saturated rings. The predicted molar refractivity (Wildman–Crippen MR) is 125 cm³/mol. The Morgan fingerprint density at radius 1 is 0.938 bits per heavy atom. The first-order valence-electron chi connectivity index (χ1n) is 10.5. The van der Waals surface area contributed by atoms with Crippen molar-refractivity contribution in [2.45, 2.75) is 19.8 Å². The third-order valence-electron chi connectivity index (χ3n) is 5.09. The largest absolute Gasteiger partial charge is 0.354 e. The molecule has 0 saturated heterocycles. The van der Waals surface area contributed by atoms with Crippen molar-refractivity contribution in [1.29, 1.82) is 0 Å². The van der Waals surface area contributed by atoms with Gasteiger partial charge in [-0.25, -0.2) is 4.98 Å². The molecular weight excluding hydrogens is 424 g/mol. The van der Waals surface area contributed by atoms with E-state index < -0.39 is 0 Å².